The van der Waals surface area contributed by atoms with Crippen LogP contribution in [0.2, 0.25) is 4.94 Å². The van der Waals surface area contributed by atoms with E-state index in [-0.39, 0.29) is 17.5 Å². The van der Waals surface area contributed by atoms with Gasteiger partial charge in [-0.3, -0.25) is 0 Å². The SMILES string of the molecule is [CH3][Sn]([c]1cccc(F)c1)([c]1cccc(F)c1)[c]1cccc(F)c1. The fourth-order valence-corrected chi connectivity index (χ4v) is 13.1. The minimum absolute atomic E-state index is 0.335. The van der Waals surface area contributed by atoms with Gasteiger partial charge in [0.25, 0.3) is 0 Å². The molecule has 3 aromatic carbocycles. The number of benzene rings is 3. The summed E-state index contributed by atoms with van der Waals surface area (Å²) in [6.45, 7) is 0. The summed E-state index contributed by atoms with van der Waals surface area (Å²) in [5, 5.41) is 0. The van der Waals surface area contributed by atoms with Gasteiger partial charge >= 0.3 is 137 Å². The molecule has 0 nitrogen and oxygen atoms in total. The number of rotatable bonds is 3. The van der Waals surface area contributed by atoms with E-state index in [4.69, 9.17) is 0 Å². The second-order valence-electron chi connectivity index (χ2n) is 5.66. The molecular weight excluding hydrogens is 404 g/mol. The Morgan fingerprint density at radius 1 is 0.565 bits per heavy atom. The molecule has 0 aromatic heterocycles. The van der Waals surface area contributed by atoms with E-state index in [0.717, 1.165) is 10.7 Å². The van der Waals surface area contributed by atoms with E-state index in [1.165, 1.54) is 36.4 Å². The first kappa shape index (κ1) is 16.1. The summed E-state index contributed by atoms with van der Waals surface area (Å²) in [5.74, 6) is -1.00. The van der Waals surface area contributed by atoms with Gasteiger partial charge in [0.05, 0.1) is 0 Å². The first-order valence-electron chi connectivity index (χ1n) is 7.28. The summed E-state index contributed by atoms with van der Waals surface area (Å²) >= 11 is -3.63. The fourth-order valence-electron chi connectivity index (χ4n) is 2.90. The monoisotopic (exact) mass is 420 g/mol. The van der Waals surface area contributed by atoms with E-state index in [9.17, 15) is 13.2 Å². The predicted molar refractivity (Wildman–Crippen MR) is 89.7 cm³/mol. The molecule has 0 aliphatic rings. The Hall–Kier alpha value is -1.75. The van der Waals surface area contributed by atoms with Crippen molar-refractivity contribution in [3.05, 3.63) is 90.2 Å². The zero-order chi connectivity index (χ0) is 16.4. The van der Waals surface area contributed by atoms with E-state index in [0.29, 0.717) is 0 Å². The maximum absolute atomic E-state index is 13.8. The third-order valence-corrected chi connectivity index (χ3v) is 16.8. The van der Waals surface area contributed by atoms with Gasteiger partial charge in [-0.1, -0.05) is 0 Å². The average Bonchev–Trinajstić information content (AvgIpc) is 2.54. The third kappa shape index (κ3) is 3.15. The van der Waals surface area contributed by atoms with Crippen LogP contribution in [0.5, 0.6) is 0 Å². The molecule has 3 aromatic rings. The van der Waals surface area contributed by atoms with Crippen LogP contribution in [0, 0.1) is 17.5 Å². The molecule has 0 aliphatic heterocycles. The molecule has 4 heteroatoms. The Labute approximate surface area is 137 Å². The second-order valence-corrected chi connectivity index (χ2v) is 17.0. The molecule has 0 amide bonds. The van der Waals surface area contributed by atoms with E-state index in [1.54, 1.807) is 18.2 Å². The van der Waals surface area contributed by atoms with Gasteiger partial charge in [0.15, 0.2) is 0 Å². The van der Waals surface area contributed by atoms with E-state index in [1.807, 2.05) is 23.1 Å². The van der Waals surface area contributed by atoms with Gasteiger partial charge in [0.1, 0.15) is 0 Å². The molecule has 0 saturated heterocycles. The molecule has 0 bridgehead atoms. The number of hydrogen-bond acceptors (Lipinski definition) is 0. The van der Waals surface area contributed by atoms with E-state index >= 15 is 0 Å². The zero-order valence-electron chi connectivity index (χ0n) is 12.6. The summed E-state index contributed by atoms with van der Waals surface area (Å²) < 4.78 is 43.8. The molecule has 116 valence electrons. The van der Waals surface area contributed by atoms with Crippen molar-refractivity contribution >= 4 is 29.1 Å². The van der Waals surface area contributed by atoms with Gasteiger partial charge in [-0.2, -0.15) is 0 Å². The first-order valence-corrected chi connectivity index (χ1v) is 14.4. The van der Waals surface area contributed by atoms with Crippen molar-refractivity contribution in [1.82, 2.24) is 0 Å². The standard InChI is InChI=1S/3C6H4F.CH3.Sn/c3*7-6-4-2-1-3-5-6;;/h3*1-2,4-5H;1H3;. The summed E-state index contributed by atoms with van der Waals surface area (Å²) in [5.41, 5.74) is 0. The van der Waals surface area contributed by atoms with Crippen LogP contribution in [0.3, 0.4) is 0 Å². The average molecular weight is 419 g/mol. The zero-order valence-corrected chi connectivity index (χ0v) is 15.4. The fraction of sp³-hybridized carbons (Fsp3) is 0.0526. The van der Waals surface area contributed by atoms with Crippen LogP contribution >= 0.6 is 0 Å². The Bertz CT molecular complexity index is 734. The van der Waals surface area contributed by atoms with Crippen LogP contribution < -0.4 is 10.7 Å². The van der Waals surface area contributed by atoms with Gasteiger partial charge in [-0.05, 0) is 0 Å². The Morgan fingerprint density at radius 2 is 0.870 bits per heavy atom. The molecule has 23 heavy (non-hydrogen) atoms. The molecule has 0 spiro atoms. The molecule has 0 fully saturated rings. The Kier molecular flexibility index (Phi) is 4.48. The summed E-state index contributed by atoms with van der Waals surface area (Å²) in [6.07, 6.45) is 0. The van der Waals surface area contributed by atoms with E-state index < -0.39 is 18.4 Å². The maximum atomic E-state index is 13.8. The predicted octanol–water partition coefficient (Wildman–Crippen LogP) is 3.20. The first-order chi connectivity index (χ1) is 11.0. The van der Waals surface area contributed by atoms with Crippen molar-refractivity contribution in [3.63, 3.8) is 0 Å². The van der Waals surface area contributed by atoms with Crippen LogP contribution in [0.1, 0.15) is 0 Å². The Balaban J connectivity index is 2.29. The summed E-state index contributed by atoms with van der Waals surface area (Å²) in [6, 6.07) is 19.1. The number of hydrogen-bond donors (Lipinski definition) is 0. The molecule has 0 radical (unpaired) electrons. The van der Waals surface area contributed by atoms with Crippen molar-refractivity contribution in [2.24, 2.45) is 0 Å². The molecule has 0 unspecified atom stereocenters. The van der Waals surface area contributed by atoms with Crippen molar-refractivity contribution in [2.75, 3.05) is 0 Å². The summed E-state index contributed by atoms with van der Waals surface area (Å²) in [4.78, 5) is 2.05. The van der Waals surface area contributed by atoms with Gasteiger partial charge in [0, 0.05) is 0 Å². The quantitative estimate of drug-likeness (QED) is 0.573. The van der Waals surface area contributed by atoms with Gasteiger partial charge in [-0.25, -0.2) is 0 Å². The minimum atomic E-state index is -3.63. The molecule has 0 saturated carbocycles. The molecule has 0 N–H and O–H groups in total. The molecule has 3 rings (SSSR count). The van der Waals surface area contributed by atoms with Crippen molar-refractivity contribution in [2.45, 2.75) is 4.94 Å². The molecule has 0 aliphatic carbocycles. The van der Waals surface area contributed by atoms with Gasteiger partial charge in [-0.15, -0.1) is 0 Å². The molecule has 0 atom stereocenters. The van der Waals surface area contributed by atoms with Crippen LogP contribution in [0.25, 0.3) is 0 Å². The third-order valence-electron chi connectivity index (χ3n) is 4.21. The van der Waals surface area contributed by atoms with Crippen LogP contribution in [-0.2, 0) is 0 Å². The second kappa shape index (κ2) is 6.40. The topological polar surface area (TPSA) is 0 Å². The van der Waals surface area contributed by atoms with Crippen molar-refractivity contribution < 1.29 is 13.2 Å². The van der Waals surface area contributed by atoms with Crippen LogP contribution in [0.4, 0.5) is 13.2 Å². The van der Waals surface area contributed by atoms with Crippen LogP contribution in [0.15, 0.2) is 72.8 Å². The van der Waals surface area contributed by atoms with Gasteiger partial charge in [0.2, 0.25) is 0 Å². The molecule has 0 heterocycles. The molecular formula is C19H15F3Sn. The van der Waals surface area contributed by atoms with Crippen molar-refractivity contribution in [3.8, 4) is 0 Å². The van der Waals surface area contributed by atoms with E-state index in [2.05, 4.69) is 0 Å². The van der Waals surface area contributed by atoms with Gasteiger partial charge < -0.3 is 0 Å². The Morgan fingerprint density at radius 3 is 1.13 bits per heavy atom. The van der Waals surface area contributed by atoms with Crippen LogP contribution in [-0.4, -0.2) is 18.4 Å². The van der Waals surface area contributed by atoms with Crippen molar-refractivity contribution in [1.29, 1.82) is 0 Å². The normalized spacial score (nSPS) is 11.5. The summed E-state index contributed by atoms with van der Waals surface area (Å²) in [7, 11) is 0. The number of halogens is 3.